The van der Waals surface area contributed by atoms with E-state index in [-0.39, 0.29) is 11.7 Å². The molecule has 0 aliphatic heterocycles. The molecular formula is C25H28N4O4. The predicted molar refractivity (Wildman–Crippen MR) is 128 cm³/mol. The zero-order valence-electron chi connectivity index (χ0n) is 19.3. The molecule has 0 fully saturated rings. The second-order valence-electron chi connectivity index (χ2n) is 7.86. The van der Waals surface area contributed by atoms with E-state index in [1.165, 1.54) is 0 Å². The fourth-order valence-electron chi connectivity index (χ4n) is 3.75. The lowest BCUT2D eigenvalue weighted by Gasteiger charge is -2.12. The van der Waals surface area contributed by atoms with Crippen molar-refractivity contribution in [3.63, 3.8) is 0 Å². The third-order valence-corrected chi connectivity index (χ3v) is 5.75. The second-order valence-corrected chi connectivity index (χ2v) is 7.86. The van der Waals surface area contributed by atoms with Crippen LogP contribution in [0.5, 0.6) is 11.5 Å². The molecule has 2 aromatic carbocycles. The number of anilines is 1. The highest BCUT2D eigenvalue weighted by Crippen LogP contribution is 2.31. The van der Waals surface area contributed by atoms with Gasteiger partial charge in [-0.15, -0.1) is 0 Å². The third kappa shape index (κ3) is 4.28. The lowest BCUT2D eigenvalue weighted by molar-refractivity contribution is 0.0338. The lowest BCUT2D eigenvalue weighted by atomic mass is 10.1. The monoisotopic (exact) mass is 448 g/mol. The average Bonchev–Trinajstić information content (AvgIpc) is 3.10. The molecule has 0 aliphatic carbocycles. The standard InChI is InChI=1S/C25H28N4O4/c1-5-15(2)33-25(30)21-22-24(28-18-9-7-6-8-17(18)27-22)29(23(21)26)13-12-16-10-11-19(31-3)20(14-16)32-4/h6-11,14-15H,5,12-13,26H2,1-4H3. The summed E-state index contributed by atoms with van der Waals surface area (Å²) >= 11 is 0. The van der Waals surface area contributed by atoms with Gasteiger partial charge >= 0.3 is 5.97 Å². The van der Waals surface area contributed by atoms with Gasteiger partial charge < -0.3 is 24.5 Å². The van der Waals surface area contributed by atoms with Crippen LogP contribution in [-0.4, -0.2) is 40.8 Å². The van der Waals surface area contributed by atoms with Crippen LogP contribution in [0.15, 0.2) is 42.5 Å². The zero-order valence-corrected chi connectivity index (χ0v) is 19.3. The number of hydrogen-bond donors (Lipinski definition) is 1. The summed E-state index contributed by atoms with van der Waals surface area (Å²) in [5.74, 6) is 1.14. The van der Waals surface area contributed by atoms with E-state index in [0.717, 1.165) is 11.1 Å². The number of carbonyl (C=O) groups excluding carboxylic acids is 1. The molecule has 2 aromatic heterocycles. The Kier molecular flexibility index (Phi) is 6.35. The number of nitrogens with zero attached hydrogens (tertiary/aromatic N) is 3. The van der Waals surface area contributed by atoms with Crippen molar-refractivity contribution in [1.29, 1.82) is 0 Å². The van der Waals surface area contributed by atoms with Gasteiger partial charge in [0.25, 0.3) is 0 Å². The van der Waals surface area contributed by atoms with Crippen molar-refractivity contribution >= 4 is 34.0 Å². The van der Waals surface area contributed by atoms with Gasteiger partial charge in [0.05, 0.1) is 31.4 Å². The minimum atomic E-state index is -0.485. The van der Waals surface area contributed by atoms with Crippen LogP contribution >= 0.6 is 0 Å². The normalized spacial score (nSPS) is 12.1. The number of benzene rings is 2. The molecule has 0 spiro atoms. The van der Waals surface area contributed by atoms with E-state index in [9.17, 15) is 4.79 Å². The van der Waals surface area contributed by atoms with Crippen molar-refractivity contribution in [3.8, 4) is 11.5 Å². The number of nitrogens with two attached hydrogens (primary N) is 1. The second kappa shape index (κ2) is 9.36. The number of hydrogen-bond acceptors (Lipinski definition) is 7. The summed E-state index contributed by atoms with van der Waals surface area (Å²) in [6, 6.07) is 13.3. The van der Waals surface area contributed by atoms with Crippen molar-refractivity contribution in [2.75, 3.05) is 20.0 Å². The Morgan fingerprint density at radius 1 is 1.06 bits per heavy atom. The molecule has 0 saturated heterocycles. The van der Waals surface area contributed by atoms with E-state index in [0.29, 0.717) is 53.4 Å². The van der Waals surface area contributed by atoms with Crippen molar-refractivity contribution in [2.24, 2.45) is 0 Å². The summed E-state index contributed by atoms with van der Waals surface area (Å²) in [5.41, 5.74) is 10.2. The SMILES string of the molecule is CCC(C)OC(=O)c1c(N)n(CCc2ccc(OC)c(OC)c2)c2nc3ccccc3nc12. The maximum atomic E-state index is 13.0. The van der Waals surface area contributed by atoms with Crippen molar-refractivity contribution in [3.05, 3.63) is 53.6 Å². The van der Waals surface area contributed by atoms with Crippen molar-refractivity contribution in [2.45, 2.75) is 39.3 Å². The van der Waals surface area contributed by atoms with Gasteiger partial charge in [-0.05, 0) is 49.6 Å². The number of fused-ring (bicyclic) bond motifs is 2. The van der Waals surface area contributed by atoms with Crippen molar-refractivity contribution < 1.29 is 19.0 Å². The zero-order chi connectivity index (χ0) is 23.5. The van der Waals surface area contributed by atoms with Crippen LogP contribution < -0.4 is 15.2 Å². The smallest absolute Gasteiger partial charge is 0.344 e. The molecule has 2 heterocycles. The summed E-state index contributed by atoms with van der Waals surface area (Å²) in [6.07, 6.45) is 1.12. The average molecular weight is 449 g/mol. The Balaban J connectivity index is 1.77. The number of carbonyl (C=O) groups is 1. The molecular weight excluding hydrogens is 420 g/mol. The largest absolute Gasteiger partial charge is 0.493 e. The topological polar surface area (TPSA) is 101 Å². The van der Waals surface area contributed by atoms with E-state index in [2.05, 4.69) is 0 Å². The van der Waals surface area contributed by atoms with Crippen LogP contribution in [0, 0.1) is 0 Å². The first-order chi connectivity index (χ1) is 16.0. The summed E-state index contributed by atoms with van der Waals surface area (Å²) in [6.45, 7) is 4.31. The molecule has 0 amide bonds. The van der Waals surface area contributed by atoms with Gasteiger partial charge in [-0.1, -0.05) is 25.1 Å². The van der Waals surface area contributed by atoms with Gasteiger partial charge in [0.2, 0.25) is 0 Å². The van der Waals surface area contributed by atoms with Crippen LogP contribution in [0.3, 0.4) is 0 Å². The minimum Gasteiger partial charge on any atom is -0.493 e. The number of rotatable bonds is 8. The van der Waals surface area contributed by atoms with Gasteiger partial charge in [-0.3, -0.25) is 0 Å². The Labute approximate surface area is 192 Å². The molecule has 1 unspecified atom stereocenters. The number of aromatic nitrogens is 3. The summed E-state index contributed by atoms with van der Waals surface area (Å²) in [5, 5.41) is 0. The minimum absolute atomic E-state index is 0.226. The van der Waals surface area contributed by atoms with Gasteiger partial charge in [0, 0.05) is 6.54 Å². The number of methoxy groups -OCH3 is 2. The van der Waals surface area contributed by atoms with Crippen LogP contribution in [-0.2, 0) is 17.7 Å². The summed E-state index contributed by atoms with van der Waals surface area (Å²) in [7, 11) is 3.21. The first kappa shape index (κ1) is 22.4. The molecule has 0 saturated carbocycles. The molecule has 0 radical (unpaired) electrons. The summed E-state index contributed by atoms with van der Waals surface area (Å²) in [4.78, 5) is 22.5. The molecule has 4 aromatic rings. The highest BCUT2D eigenvalue weighted by molar-refractivity contribution is 6.08. The van der Waals surface area contributed by atoms with Gasteiger partial charge in [0.1, 0.15) is 16.9 Å². The van der Waals surface area contributed by atoms with E-state index in [4.69, 9.17) is 29.9 Å². The number of para-hydroxylation sites is 2. The van der Waals surface area contributed by atoms with E-state index in [1.807, 2.05) is 60.9 Å². The predicted octanol–water partition coefficient (Wildman–Crippen LogP) is 4.38. The number of esters is 1. The third-order valence-electron chi connectivity index (χ3n) is 5.75. The van der Waals surface area contributed by atoms with Crippen LogP contribution in [0.25, 0.3) is 22.2 Å². The lowest BCUT2D eigenvalue weighted by Crippen LogP contribution is -2.16. The van der Waals surface area contributed by atoms with E-state index in [1.54, 1.807) is 14.2 Å². The van der Waals surface area contributed by atoms with Crippen LogP contribution in [0.1, 0.15) is 36.2 Å². The molecule has 8 heteroatoms. The van der Waals surface area contributed by atoms with Gasteiger partial charge in [0.15, 0.2) is 17.1 Å². The van der Waals surface area contributed by atoms with Crippen LogP contribution in [0.2, 0.25) is 0 Å². The maximum Gasteiger partial charge on any atom is 0.344 e. The Morgan fingerprint density at radius 2 is 1.76 bits per heavy atom. The maximum absolute atomic E-state index is 13.0. The highest BCUT2D eigenvalue weighted by Gasteiger charge is 2.26. The first-order valence-electron chi connectivity index (χ1n) is 10.9. The first-order valence-corrected chi connectivity index (χ1v) is 10.9. The Bertz CT molecular complexity index is 1320. The molecule has 0 aliphatic rings. The Hall–Kier alpha value is -3.81. The molecule has 1 atom stereocenters. The molecule has 0 bridgehead atoms. The van der Waals surface area contributed by atoms with E-state index >= 15 is 0 Å². The quantitative estimate of drug-likeness (QED) is 0.399. The summed E-state index contributed by atoms with van der Waals surface area (Å²) < 4.78 is 18.2. The molecule has 33 heavy (non-hydrogen) atoms. The number of nitrogen functional groups attached to an aromatic ring is 1. The fourth-order valence-corrected chi connectivity index (χ4v) is 3.75. The van der Waals surface area contributed by atoms with Crippen LogP contribution in [0.4, 0.5) is 5.82 Å². The van der Waals surface area contributed by atoms with E-state index < -0.39 is 5.97 Å². The molecule has 8 nitrogen and oxygen atoms in total. The molecule has 4 rings (SSSR count). The number of ether oxygens (including phenoxy) is 3. The van der Waals surface area contributed by atoms with Gasteiger partial charge in [-0.2, -0.15) is 0 Å². The number of aryl methyl sites for hydroxylation is 2. The molecule has 172 valence electrons. The highest BCUT2D eigenvalue weighted by atomic mass is 16.5. The Morgan fingerprint density at radius 3 is 2.42 bits per heavy atom. The van der Waals surface area contributed by atoms with Crippen molar-refractivity contribution in [1.82, 2.24) is 14.5 Å². The fraction of sp³-hybridized carbons (Fsp3) is 0.320. The van der Waals surface area contributed by atoms with Gasteiger partial charge in [-0.25, -0.2) is 14.8 Å². The molecule has 2 N–H and O–H groups in total.